The van der Waals surface area contributed by atoms with Gasteiger partial charge in [0.1, 0.15) is 0 Å². The molecule has 0 atom stereocenters. The predicted molar refractivity (Wildman–Crippen MR) is 74.1 cm³/mol. The van der Waals surface area contributed by atoms with Crippen molar-refractivity contribution >= 4 is 33.3 Å². The van der Waals surface area contributed by atoms with E-state index in [4.69, 9.17) is 5.84 Å². The van der Waals surface area contributed by atoms with Crippen LogP contribution in [-0.4, -0.2) is 4.98 Å². The smallest absolute Gasteiger partial charge is 0.178 e. The standard InChI is InChI=1S/C12H11BrF2N4/c1-6-2-7(13)4-8(3-6)17-11-9(14)5-10(15)12(18-11)19-16/h2-5H,16H2,1H3,(H2,17,18,19). The summed E-state index contributed by atoms with van der Waals surface area (Å²) in [6.45, 7) is 1.90. The van der Waals surface area contributed by atoms with Crippen molar-refractivity contribution < 1.29 is 8.78 Å². The third-order valence-electron chi connectivity index (χ3n) is 2.37. The van der Waals surface area contributed by atoms with E-state index in [1.54, 1.807) is 6.07 Å². The lowest BCUT2D eigenvalue weighted by Gasteiger charge is -2.10. The quantitative estimate of drug-likeness (QED) is 0.596. The zero-order chi connectivity index (χ0) is 14.0. The minimum Gasteiger partial charge on any atom is -0.338 e. The van der Waals surface area contributed by atoms with E-state index in [1.165, 1.54) is 0 Å². The van der Waals surface area contributed by atoms with Gasteiger partial charge in [-0.1, -0.05) is 15.9 Å². The average Bonchev–Trinajstić information content (AvgIpc) is 2.31. The van der Waals surface area contributed by atoms with Crippen LogP contribution >= 0.6 is 15.9 Å². The molecule has 0 aliphatic heterocycles. The Morgan fingerprint density at radius 2 is 1.79 bits per heavy atom. The number of nitrogens with one attached hydrogen (secondary N) is 2. The number of hydrogen-bond acceptors (Lipinski definition) is 4. The minimum atomic E-state index is -0.851. The average molecular weight is 329 g/mol. The van der Waals surface area contributed by atoms with Gasteiger partial charge in [0.05, 0.1) is 0 Å². The third kappa shape index (κ3) is 3.18. The summed E-state index contributed by atoms with van der Waals surface area (Å²) < 4.78 is 27.7. The number of halogens is 3. The monoisotopic (exact) mass is 328 g/mol. The van der Waals surface area contributed by atoms with Crippen LogP contribution in [-0.2, 0) is 0 Å². The molecule has 0 radical (unpaired) electrons. The molecule has 1 heterocycles. The molecule has 2 rings (SSSR count). The number of nitrogens with two attached hydrogens (primary N) is 1. The van der Waals surface area contributed by atoms with Crippen LogP contribution in [0.2, 0.25) is 0 Å². The van der Waals surface area contributed by atoms with Crippen LogP contribution in [0.1, 0.15) is 5.56 Å². The van der Waals surface area contributed by atoms with E-state index in [9.17, 15) is 8.78 Å². The van der Waals surface area contributed by atoms with Crippen LogP contribution < -0.4 is 16.6 Å². The molecule has 0 unspecified atom stereocenters. The molecule has 19 heavy (non-hydrogen) atoms. The molecule has 100 valence electrons. The lowest BCUT2D eigenvalue weighted by Crippen LogP contribution is -2.12. The van der Waals surface area contributed by atoms with Gasteiger partial charge in [-0.25, -0.2) is 19.6 Å². The maximum atomic E-state index is 13.6. The highest BCUT2D eigenvalue weighted by Crippen LogP contribution is 2.25. The van der Waals surface area contributed by atoms with Crippen molar-refractivity contribution in [3.63, 3.8) is 0 Å². The Morgan fingerprint density at radius 1 is 1.11 bits per heavy atom. The molecule has 0 saturated carbocycles. The van der Waals surface area contributed by atoms with Gasteiger partial charge in [-0.15, -0.1) is 0 Å². The Kier molecular flexibility index (Phi) is 3.96. The van der Waals surface area contributed by atoms with Gasteiger partial charge in [-0.2, -0.15) is 0 Å². The largest absolute Gasteiger partial charge is 0.338 e. The van der Waals surface area contributed by atoms with E-state index in [0.29, 0.717) is 5.69 Å². The summed E-state index contributed by atoms with van der Waals surface area (Å²) in [4.78, 5) is 3.73. The van der Waals surface area contributed by atoms with E-state index in [1.807, 2.05) is 19.1 Å². The Labute approximate surface area is 117 Å². The lowest BCUT2D eigenvalue weighted by molar-refractivity contribution is 0.579. The molecule has 1 aromatic heterocycles. The van der Waals surface area contributed by atoms with Gasteiger partial charge in [0, 0.05) is 16.2 Å². The van der Waals surface area contributed by atoms with Gasteiger partial charge in [-0.3, -0.25) is 0 Å². The summed E-state index contributed by atoms with van der Waals surface area (Å²) in [7, 11) is 0. The Balaban J connectivity index is 2.37. The number of aromatic nitrogens is 1. The second kappa shape index (κ2) is 5.50. The number of nitrogens with zero attached hydrogens (tertiary/aromatic N) is 1. The van der Waals surface area contributed by atoms with Gasteiger partial charge in [0.25, 0.3) is 0 Å². The molecular formula is C12H11BrF2N4. The third-order valence-corrected chi connectivity index (χ3v) is 2.83. The molecule has 4 N–H and O–H groups in total. The number of aryl methyl sites for hydroxylation is 1. The summed E-state index contributed by atoms with van der Waals surface area (Å²) in [6.07, 6.45) is 0. The molecule has 4 nitrogen and oxygen atoms in total. The fraction of sp³-hybridized carbons (Fsp3) is 0.0833. The number of hydrogen-bond donors (Lipinski definition) is 3. The fourth-order valence-corrected chi connectivity index (χ4v) is 2.21. The van der Waals surface area contributed by atoms with Crippen LogP contribution in [0.4, 0.5) is 26.1 Å². The second-order valence-electron chi connectivity index (χ2n) is 3.94. The van der Waals surface area contributed by atoms with Crippen molar-refractivity contribution in [2.24, 2.45) is 5.84 Å². The molecular weight excluding hydrogens is 318 g/mol. The summed E-state index contributed by atoms with van der Waals surface area (Å²) in [6, 6.07) is 6.19. The Morgan fingerprint density at radius 3 is 2.42 bits per heavy atom. The topological polar surface area (TPSA) is 63.0 Å². The molecule has 0 bridgehead atoms. The van der Waals surface area contributed by atoms with Gasteiger partial charge >= 0.3 is 0 Å². The first kappa shape index (κ1) is 13.7. The molecule has 0 fully saturated rings. The normalized spacial score (nSPS) is 10.4. The number of anilines is 3. The van der Waals surface area contributed by atoms with E-state index in [-0.39, 0.29) is 11.6 Å². The Bertz CT molecular complexity index is 599. The van der Waals surface area contributed by atoms with Gasteiger partial charge < -0.3 is 10.7 Å². The van der Waals surface area contributed by atoms with Crippen molar-refractivity contribution in [2.45, 2.75) is 6.92 Å². The summed E-state index contributed by atoms with van der Waals surface area (Å²) in [5.74, 6) is 3.12. The zero-order valence-electron chi connectivity index (χ0n) is 9.97. The fourth-order valence-electron chi connectivity index (χ4n) is 1.60. The number of benzene rings is 1. The second-order valence-corrected chi connectivity index (χ2v) is 4.85. The molecule has 1 aromatic carbocycles. The number of hydrazine groups is 1. The maximum absolute atomic E-state index is 13.6. The predicted octanol–water partition coefficient (Wildman–Crippen LogP) is 3.46. The first-order chi connectivity index (χ1) is 8.99. The van der Waals surface area contributed by atoms with Crippen LogP contribution in [0.3, 0.4) is 0 Å². The highest BCUT2D eigenvalue weighted by Gasteiger charge is 2.11. The minimum absolute atomic E-state index is 0.105. The summed E-state index contributed by atoms with van der Waals surface area (Å²) in [5, 5.41) is 2.78. The molecule has 0 aliphatic rings. The van der Waals surface area contributed by atoms with Crippen LogP contribution in [0.5, 0.6) is 0 Å². The van der Waals surface area contributed by atoms with Crippen molar-refractivity contribution in [1.29, 1.82) is 0 Å². The highest BCUT2D eigenvalue weighted by atomic mass is 79.9. The summed E-state index contributed by atoms with van der Waals surface area (Å²) >= 11 is 3.34. The first-order valence-electron chi connectivity index (χ1n) is 5.36. The molecule has 0 amide bonds. The lowest BCUT2D eigenvalue weighted by atomic mass is 10.2. The van der Waals surface area contributed by atoms with Crippen LogP contribution in [0.15, 0.2) is 28.7 Å². The number of rotatable bonds is 3. The van der Waals surface area contributed by atoms with Gasteiger partial charge in [-0.05, 0) is 30.7 Å². The SMILES string of the molecule is Cc1cc(Br)cc(Nc2nc(NN)c(F)cc2F)c1. The van der Waals surface area contributed by atoms with Gasteiger partial charge in [0.15, 0.2) is 23.3 Å². The van der Waals surface area contributed by atoms with Crippen molar-refractivity contribution in [1.82, 2.24) is 4.98 Å². The maximum Gasteiger partial charge on any atom is 0.178 e. The van der Waals surface area contributed by atoms with E-state index < -0.39 is 11.6 Å². The van der Waals surface area contributed by atoms with E-state index in [2.05, 4.69) is 31.7 Å². The van der Waals surface area contributed by atoms with E-state index >= 15 is 0 Å². The Hall–Kier alpha value is -1.73. The molecule has 2 aromatic rings. The first-order valence-corrected chi connectivity index (χ1v) is 6.16. The number of pyridine rings is 1. The van der Waals surface area contributed by atoms with Crippen LogP contribution in [0.25, 0.3) is 0 Å². The molecule has 7 heteroatoms. The number of nitrogen functional groups attached to an aromatic ring is 1. The van der Waals surface area contributed by atoms with Gasteiger partial charge in [0.2, 0.25) is 0 Å². The summed E-state index contributed by atoms with van der Waals surface area (Å²) in [5.41, 5.74) is 3.68. The van der Waals surface area contributed by atoms with Crippen molar-refractivity contribution in [2.75, 3.05) is 10.7 Å². The molecule has 0 spiro atoms. The van der Waals surface area contributed by atoms with Crippen molar-refractivity contribution in [3.8, 4) is 0 Å². The molecule has 0 aliphatic carbocycles. The van der Waals surface area contributed by atoms with Crippen molar-refractivity contribution in [3.05, 3.63) is 45.9 Å². The highest BCUT2D eigenvalue weighted by molar-refractivity contribution is 9.10. The van der Waals surface area contributed by atoms with Crippen LogP contribution in [0, 0.1) is 18.6 Å². The molecule has 0 saturated heterocycles. The van der Waals surface area contributed by atoms with E-state index in [0.717, 1.165) is 16.1 Å². The zero-order valence-corrected chi connectivity index (χ0v) is 11.6.